The fraction of sp³-hybridized carbons (Fsp3) is 0.357. The maximum Gasteiger partial charge on any atom is 0.248 e. The highest BCUT2D eigenvalue weighted by molar-refractivity contribution is 7.89. The van der Waals surface area contributed by atoms with Crippen LogP contribution in [0.2, 0.25) is 0 Å². The smallest absolute Gasteiger partial charge is 0.248 e. The molecule has 3 heterocycles. The van der Waals surface area contributed by atoms with Gasteiger partial charge >= 0.3 is 0 Å². The number of hydrogen-bond acceptors (Lipinski definition) is 7. The van der Waals surface area contributed by atoms with Crippen molar-refractivity contribution in [1.29, 1.82) is 0 Å². The van der Waals surface area contributed by atoms with Crippen molar-refractivity contribution in [3.8, 4) is 11.5 Å². The fourth-order valence-corrected chi connectivity index (χ4v) is 6.65. The number of fused-ring (bicyclic) bond motifs is 1. The van der Waals surface area contributed by atoms with E-state index in [1.165, 1.54) is 29.4 Å². The van der Waals surface area contributed by atoms with Gasteiger partial charge in [-0.1, -0.05) is 17.3 Å². The summed E-state index contributed by atoms with van der Waals surface area (Å²) in [5.74, 6) is -0.673. The van der Waals surface area contributed by atoms with E-state index in [0.717, 1.165) is 12.1 Å². The SMILES string of the molecule is Cc1noc(/C=C/c2ccc(F)cc2F)c1S(=O)(=O)N1CCC(C(=O)N(C)CC2COc3ccccc3O2)CC1. The molecule has 212 valence electrons. The lowest BCUT2D eigenvalue weighted by Crippen LogP contribution is -2.47. The summed E-state index contributed by atoms with van der Waals surface area (Å²) >= 11 is 0. The molecule has 2 aliphatic rings. The Morgan fingerprint density at radius 3 is 2.58 bits per heavy atom. The molecule has 0 bridgehead atoms. The summed E-state index contributed by atoms with van der Waals surface area (Å²) in [4.78, 5) is 14.6. The number of ether oxygens (including phenoxy) is 2. The number of amides is 1. The minimum Gasteiger partial charge on any atom is -0.486 e. The Morgan fingerprint density at radius 1 is 1.12 bits per heavy atom. The Balaban J connectivity index is 1.21. The summed E-state index contributed by atoms with van der Waals surface area (Å²) in [5, 5.41) is 3.79. The number of hydrogen-bond donors (Lipinski definition) is 0. The molecule has 0 spiro atoms. The molecule has 12 heteroatoms. The minimum atomic E-state index is -4.01. The van der Waals surface area contributed by atoms with E-state index in [-0.39, 0.29) is 52.9 Å². The molecule has 5 rings (SSSR count). The molecule has 0 aliphatic carbocycles. The molecule has 9 nitrogen and oxygen atoms in total. The Labute approximate surface area is 231 Å². The lowest BCUT2D eigenvalue weighted by molar-refractivity contribution is -0.136. The third-order valence-electron chi connectivity index (χ3n) is 7.03. The van der Waals surface area contributed by atoms with Crippen LogP contribution in [0.3, 0.4) is 0 Å². The largest absolute Gasteiger partial charge is 0.486 e. The van der Waals surface area contributed by atoms with Crippen molar-refractivity contribution in [1.82, 2.24) is 14.4 Å². The lowest BCUT2D eigenvalue weighted by atomic mass is 9.96. The quantitative estimate of drug-likeness (QED) is 0.419. The molecule has 0 radical (unpaired) electrons. The second-order valence-electron chi connectivity index (χ2n) is 9.86. The van der Waals surface area contributed by atoms with Crippen molar-refractivity contribution in [2.24, 2.45) is 5.92 Å². The first-order valence-electron chi connectivity index (χ1n) is 12.9. The number of sulfonamides is 1. The van der Waals surface area contributed by atoms with E-state index in [2.05, 4.69) is 5.16 Å². The van der Waals surface area contributed by atoms with Crippen LogP contribution in [0, 0.1) is 24.5 Å². The highest BCUT2D eigenvalue weighted by Crippen LogP contribution is 2.32. The van der Waals surface area contributed by atoms with Gasteiger partial charge in [0.1, 0.15) is 23.9 Å². The number of likely N-dealkylation sites (N-methyl/N-ethyl adjacent to an activating group) is 1. The number of aromatic nitrogens is 1. The van der Waals surface area contributed by atoms with Crippen LogP contribution in [0.1, 0.15) is 29.9 Å². The van der Waals surface area contributed by atoms with E-state index in [9.17, 15) is 22.0 Å². The first-order valence-corrected chi connectivity index (χ1v) is 14.3. The zero-order valence-electron chi connectivity index (χ0n) is 22.0. The fourth-order valence-electron chi connectivity index (χ4n) is 4.93. The van der Waals surface area contributed by atoms with Crippen LogP contribution < -0.4 is 9.47 Å². The van der Waals surface area contributed by atoms with Gasteiger partial charge in [0.05, 0.1) is 6.54 Å². The number of benzene rings is 2. The predicted molar refractivity (Wildman–Crippen MR) is 142 cm³/mol. The summed E-state index contributed by atoms with van der Waals surface area (Å²) in [6.45, 7) is 2.46. The van der Waals surface area contributed by atoms with Gasteiger partial charge in [0.25, 0.3) is 0 Å². The Kier molecular flexibility index (Phi) is 7.90. The molecular weight excluding hydrogens is 544 g/mol. The van der Waals surface area contributed by atoms with Crippen LogP contribution in [-0.4, -0.2) is 68.1 Å². The van der Waals surface area contributed by atoms with Crippen LogP contribution in [0.25, 0.3) is 12.2 Å². The Morgan fingerprint density at radius 2 is 1.85 bits per heavy atom. The maximum atomic E-state index is 14.0. The van der Waals surface area contributed by atoms with Gasteiger partial charge in [0.15, 0.2) is 28.3 Å². The van der Waals surface area contributed by atoms with Crippen LogP contribution >= 0.6 is 0 Å². The molecular formula is C28H29F2N3O6S. The molecule has 1 unspecified atom stereocenters. The molecule has 0 N–H and O–H groups in total. The number of rotatable bonds is 7. The van der Waals surface area contributed by atoms with Gasteiger partial charge in [-0.3, -0.25) is 4.79 Å². The molecule has 40 heavy (non-hydrogen) atoms. The van der Waals surface area contributed by atoms with E-state index in [1.54, 1.807) is 11.9 Å². The second kappa shape index (κ2) is 11.4. The lowest BCUT2D eigenvalue weighted by Gasteiger charge is -2.34. The van der Waals surface area contributed by atoms with E-state index < -0.39 is 21.7 Å². The highest BCUT2D eigenvalue weighted by Gasteiger charge is 2.37. The number of para-hydroxylation sites is 2. The van der Waals surface area contributed by atoms with Gasteiger partial charge in [-0.2, -0.15) is 4.31 Å². The third kappa shape index (κ3) is 5.73. The molecule has 2 aromatic carbocycles. The van der Waals surface area contributed by atoms with Crippen molar-refractivity contribution < 1.29 is 36.0 Å². The molecule has 1 saturated heterocycles. The third-order valence-corrected chi connectivity index (χ3v) is 9.09. The van der Waals surface area contributed by atoms with Gasteiger partial charge in [-0.25, -0.2) is 17.2 Å². The molecule has 1 atom stereocenters. The van der Waals surface area contributed by atoms with Crippen molar-refractivity contribution >= 4 is 28.1 Å². The number of halogens is 2. The summed E-state index contributed by atoms with van der Waals surface area (Å²) in [7, 11) is -2.30. The number of nitrogens with zero attached hydrogens (tertiary/aromatic N) is 3. The van der Waals surface area contributed by atoms with Crippen LogP contribution in [0.4, 0.5) is 8.78 Å². The number of carbonyl (C=O) groups excluding carboxylic acids is 1. The zero-order chi connectivity index (χ0) is 28.4. The van der Waals surface area contributed by atoms with Crippen LogP contribution in [0.15, 0.2) is 51.9 Å². The summed E-state index contributed by atoms with van der Waals surface area (Å²) in [6, 6.07) is 10.4. The Bertz CT molecular complexity index is 1530. The average molecular weight is 574 g/mol. The first kappa shape index (κ1) is 27.8. The summed E-state index contributed by atoms with van der Waals surface area (Å²) in [5.41, 5.74) is 0.227. The highest BCUT2D eigenvalue weighted by atomic mass is 32.2. The van der Waals surface area contributed by atoms with Crippen molar-refractivity contribution in [3.05, 3.63) is 71.1 Å². The molecule has 1 aromatic heterocycles. The monoisotopic (exact) mass is 573 g/mol. The van der Waals surface area contributed by atoms with Crippen molar-refractivity contribution in [2.45, 2.75) is 30.8 Å². The minimum absolute atomic E-state index is 0.0598. The van der Waals surface area contributed by atoms with E-state index in [0.29, 0.717) is 37.5 Å². The standard InChI is InChI=1S/C28H29F2N3O6S/c1-18-27(26(39-31-18)10-8-19-7-9-21(29)15-23(19)30)40(35,36)33-13-11-20(12-14-33)28(34)32(2)16-22-17-37-24-5-3-4-6-25(24)38-22/h3-10,15,20,22H,11-14,16-17H2,1-2H3/b10-8+. The van der Waals surface area contributed by atoms with E-state index in [4.69, 9.17) is 14.0 Å². The molecule has 2 aliphatic heterocycles. The van der Waals surface area contributed by atoms with E-state index in [1.807, 2.05) is 24.3 Å². The summed E-state index contributed by atoms with van der Waals surface area (Å²) < 4.78 is 72.5. The van der Waals surface area contributed by atoms with Crippen LogP contribution in [0.5, 0.6) is 11.5 Å². The summed E-state index contributed by atoms with van der Waals surface area (Å²) in [6.07, 6.45) is 2.99. The first-order chi connectivity index (χ1) is 19.1. The van der Waals surface area contributed by atoms with Crippen molar-refractivity contribution in [2.75, 3.05) is 33.3 Å². The van der Waals surface area contributed by atoms with Gasteiger partial charge < -0.3 is 18.9 Å². The van der Waals surface area contributed by atoms with Gasteiger partial charge in [-0.15, -0.1) is 0 Å². The van der Waals surface area contributed by atoms with Gasteiger partial charge in [0.2, 0.25) is 15.9 Å². The zero-order valence-corrected chi connectivity index (χ0v) is 22.9. The Hall–Kier alpha value is -3.77. The number of piperidine rings is 1. The number of carbonyl (C=O) groups is 1. The maximum absolute atomic E-state index is 14.0. The predicted octanol–water partition coefficient (Wildman–Crippen LogP) is 4.13. The topological polar surface area (TPSA) is 102 Å². The average Bonchev–Trinajstić information content (AvgIpc) is 3.33. The molecule has 1 fully saturated rings. The normalized spacial score (nSPS) is 18.2. The molecule has 1 amide bonds. The number of aryl methyl sites for hydroxylation is 1. The van der Waals surface area contributed by atoms with Crippen LogP contribution in [-0.2, 0) is 14.8 Å². The van der Waals surface area contributed by atoms with Crippen molar-refractivity contribution in [3.63, 3.8) is 0 Å². The second-order valence-corrected chi connectivity index (χ2v) is 11.7. The van der Waals surface area contributed by atoms with Gasteiger partial charge in [-0.05, 0) is 56.2 Å². The molecule has 3 aromatic rings. The van der Waals surface area contributed by atoms with E-state index >= 15 is 0 Å². The molecule has 0 saturated carbocycles. The van der Waals surface area contributed by atoms with Gasteiger partial charge in [0, 0.05) is 37.7 Å².